The lowest BCUT2D eigenvalue weighted by atomic mass is 10.1. The van der Waals surface area contributed by atoms with Gasteiger partial charge in [-0.3, -0.25) is 4.99 Å². The zero-order valence-electron chi connectivity index (χ0n) is 17.6. The largest absolute Gasteiger partial charge is 0.495 e. The van der Waals surface area contributed by atoms with Gasteiger partial charge in [-0.1, -0.05) is 26.0 Å². The van der Waals surface area contributed by atoms with Crippen molar-refractivity contribution in [1.29, 1.82) is 0 Å². The molecule has 0 aliphatic carbocycles. The van der Waals surface area contributed by atoms with Crippen molar-refractivity contribution in [3.63, 3.8) is 0 Å². The normalized spacial score (nSPS) is 16.7. The molecule has 3 rings (SSSR count). The number of aromatic nitrogens is 1. The molecule has 1 unspecified atom stereocenters. The van der Waals surface area contributed by atoms with Crippen molar-refractivity contribution in [1.82, 2.24) is 15.6 Å². The van der Waals surface area contributed by atoms with Gasteiger partial charge in [0.05, 0.1) is 25.0 Å². The predicted octanol–water partition coefficient (Wildman–Crippen LogP) is 4.08. The van der Waals surface area contributed by atoms with Crippen LogP contribution in [-0.4, -0.2) is 44.7 Å². The number of methoxy groups -OCH3 is 1. The molecule has 29 heavy (non-hydrogen) atoms. The van der Waals surface area contributed by atoms with E-state index in [1.807, 2.05) is 19.2 Å². The summed E-state index contributed by atoms with van der Waals surface area (Å²) >= 11 is 1.70. The minimum Gasteiger partial charge on any atom is -0.495 e. The summed E-state index contributed by atoms with van der Waals surface area (Å²) in [6.45, 7) is 8.02. The SMILES string of the molecule is CN=C(NCc1nc(C(C)C)cs1)NCC1CCN(c2ccccc2OC)C1.I. The van der Waals surface area contributed by atoms with Gasteiger partial charge in [0.15, 0.2) is 5.96 Å². The first kappa shape index (κ1) is 23.7. The van der Waals surface area contributed by atoms with E-state index in [4.69, 9.17) is 4.74 Å². The van der Waals surface area contributed by atoms with Crippen LogP contribution in [0.5, 0.6) is 5.75 Å². The van der Waals surface area contributed by atoms with Crippen LogP contribution in [0.1, 0.15) is 36.9 Å². The van der Waals surface area contributed by atoms with Crippen molar-refractivity contribution < 1.29 is 4.74 Å². The van der Waals surface area contributed by atoms with Crippen LogP contribution in [0.2, 0.25) is 0 Å². The Kier molecular flexibility index (Phi) is 9.48. The van der Waals surface area contributed by atoms with Crippen LogP contribution in [0.4, 0.5) is 5.69 Å². The zero-order valence-corrected chi connectivity index (χ0v) is 20.8. The number of ether oxygens (including phenoxy) is 1. The molecule has 2 N–H and O–H groups in total. The molecule has 1 saturated heterocycles. The number of nitrogens with one attached hydrogen (secondary N) is 2. The van der Waals surface area contributed by atoms with Crippen LogP contribution >= 0.6 is 35.3 Å². The summed E-state index contributed by atoms with van der Waals surface area (Å²) in [5.74, 6) is 2.82. The summed E-state index contributed by atoms with van der Waals surface area (Å²) in [6, 6.07) is 8.24. The third-order valence-electron chi connectivity index (χ3n) is 5.06. The Morgan fingerprint density at radius 2 is 2.14 bits per heavy atom. The second-order valence-electron chi connectivity index (χ2n) is 7.40. The Hall–Kier alpha value is -1.55. The van der Waals surface area contributed by atoms with Crippen LogP contribution in [0, 0.1) is 5.92 Å². The van der Waals surface area contributed by atoms with Gasteiger partial charge in [0.25, 0.3) is 0 Å². The summed E-state index contributed by atoms with van der Waals surface area (Å²) < 4.78 is 5.51. The van der Waals surface area contributed by atoms with Gasteiger partial charge in [0, 0.05) is 32.1 Å². The molecule has 160 valence electrons. The van der Waals surface area contributed by atoms with Crippen LogP contribution in [0.15, 0.2) is 34.6 Å². The summed E-state index contributed by atoms with van der Waals surface area (Å²) in [5, 5.41) is 10.1. The molecule has 1 aliphatic heterocycles. The molecule has 1 atom stereocenters. The number of halogens is 1. The highest BCUT2D eigenvalue weighted by molar-refractivity contribution is 14.0. The van der Waals surface area contributed by atoms with Crippen molar-refractivity contribution >= 4 is 47.0 Å². The summed E-state index contributed by atoms with van der Waals surface area (Å²) in [5.41, 5.74) is 2.34. The number of hydrogen-bond acceptors (Lipinski definition) is 5. The molecule has 0 bridgehead atoms. The molecule has 2 aromatic rings. The molecule has 2 heterocycles. The molecule has 0 spiro atoms. The number of anilines is 1. The average molecular weight is 529 g/mol. The molecule has 6 nitrogen and oxygen atoms in total. The van der Waals surface area contributed by atoms with Crippen LogP contribution < -0.4 is 20.3 Å². The van der Waals surface area contributed by atoms with Crippen molar-refractivity contribution in [2.24, 2.45) is 10.9 Å². The van der Waals surface area contributed by atoms with Gasteiger partial charge >= 0.3 is 0 Å². The summed E-state index contributed by atoms with van der Waals surface area (Å²) in [6.07, 6.45) is 1.16. The number of guanidine groups is 1. The van der Waals surface area contributed by atoms with Crippen molar-refractivity contribution in [2.75, 3.05) is 38.7 Å². The quantitative estimate of drug-likeness (QED) is 0.322. The Labute approximate surface area is 195 Å². The molecule has 0 amide bonds. The zero-order chi connectivity index (χ0) is 19.9. The van der Waals surface area contributed by atoms with Gasteiger partial charge < -0.3 is 20.3 Å². The van der Waals surface area contributed by atoms with Crippen molar-refractivity contribution in [3.05, 3.63) is 40.3 Å². The third kappa shape index (κ3) is 6.47. The number of para-hydroxylation sites is 2. The van der Waals surface area contributed by atoms with E-state index in [1.54, 1.807) is 18.4 Å². The van der Waals surface area contributed by atoms with E-state index in [0.717, 1.165) is 48.5 Å². The second-order valence-corrected chi connectivity index (χ2v) is 8.34. The molecule has 8 heteroatoms. The van der Waals surface area contributed by atoms with E-state index in [9.17, 15) is 0 Å². The average Bonchev–Trinajstić information content (AvgIpc) is 3.38. The van der Waals surface area contributed by atoms with Gasteiger partial charge in [-0.15, -0.1) is 35.3 Å². The Balaban J connectivity index is 0.00000300. The number of aliphatic imine (C=N–C) groups is 1. The van der Waals surface area contributed by atoms with Gasteiger partial charge in [-0.2, -0.15) is 0 Å². The topological polar surface area (TPSA) is 61.8 Å². The van der Waals surface area contributed by atoms with Gasteiger partial charge in [0.1, 0.15) is 10.8 Å². The van der Waals surface area contributed by atoms with Crippen LogP contribution in [0.25, 0.3) is 0 Å². The molecule has 0 saturated carbocycles. The standard InChI is InChI=1S/C21H31N5OS.HI/c1-15(2)17-14-28-20(25-17)12-24-21(22-3)23-11-16-9-10-26(13-16)18-7-5-6-8-19(18)27-4;/h5-8,14-16H,9-13H2,1-4H3,(H2,22,23,24);1H. The second kappa shape index (κ2) is 11.6. The Morgan fingerprint density at radius 3 is 2.83 bits per heavy atom. The smallest absolute Gasteiger partial charge is 0.191 e. The lowest BCUT2D eigenvalue weighted by Gasteiger charge is -2.21. The van der Waals surface area contributed by atoms with E-state index in [2.05, 4.69) is 56.9 Å². The van der Waals surface area contributed by atoms with Crippen LogP contribution in [0.3, 0.4) is 0 Å². The highest BCUT2D eigenvalue weighted by Gasteiger charge is 2.24. The van der Waals surface area contributed by atoms with Crippen LogP contribution in [-0.2, 0) is 6.54 Å². The van der Waals surface area contributed by atoms with Gasteiger partial charge in [-0.05, 0) is 30.4 Å². The maximum atomic E-state index is 5.51. The maximum Gasteiger partial charge on any atom is 0.191 e. The first-order valence-corrected chi connectivity index (χ1v) is 10.8. The van der Waals surface area contributed by atoms with Gasteiger partial charge in [0.2, 0.25) is 0 Å². The lowest BCUT2D eigenvalue weighted by Crippen LogP contribution is -2.39. The number of thiazole rings is 1. The molecule has 1 aliphatic rings. The fraction of sp³-hybridized carbons (Fsp3) is 0.524. The predicted molar refractivity (Wildman–Crippen MR) is 133 cm³/mol. The summed E-state index contributed by atoms with van der Waals surface area (Å²) in [4.78, 5) is 11.4. The maximum absolute atomic E-state index is 5.51. The lowest BCUT2D eigenvalue weighted by molar-refractivity contribution is 0.414. The number of hydrogen-bond donors (Lipinski definition) is 2. The Morgan fingerprint density at radius 1 is 1.34 bits per heavy atom. The highest BCUT2D eigenvalue weighted by atomic mass is 127. The van der Waals surface area contributed by atoms with E-state index in [-0.39, 0.29) is 24.0 Å². The van der Waals surface area contributed by atoms with E-state index in [1.165, 1.54) is 5.69 Å². The fourth-order valence-corrected chi connectivity index (χ4v) is 4.30. The number of nitrogens with zero attached hydrogens (tertiary/aromatic N) is 3. The minimum atomic E-state index is 0. The monoisotopic (exact) mass is 529 g/mol. The first-order valence-electron chi connectivity index (χ1n) is 9.87. The first-order chi connectivity index (χ1) is 13.6. The van der Waals surface area contributed by atoms with Crippen molar-refractivity contribution in [3.8, 4) is 5.75 Å². The number of benzene rings is 1. The highest BCUT2D eigenvalue weighted by Crippen LogP contribution is 2.31. The van der Waals surface area contributed by atoms with E-state index < -0.39 is 0 Å². The van der Waals surface area contributed by atoms with Crippen molar-refractivity contribution in [2.45, 2.75) is 32.7 Å². The minimum absolute atomic E-state index is 0. The molecule has 0 radical (unpaired) electrons. The molecular weight excluding hydrogens is 497 g/mol. The van der Waals surface area contributed by atoms with Gasteiger partial charge in [-0.25, -0.2) is 4.98 Å². The number of rotatable bonds is 7. The fourth-order valence-electron chi connectivity index (χ4n) is 3.40. The third-order valence-corrected chi connectivity index (χ3v) is 5.93. The molecule has 1 fully saturated rings. The molecular formula is C21H32IN5OS. The molecule has 1 aromatic carbocycles. The van der Waals surface area contributed by atoms with E-state index >= 15 is 0 Å². The van der Waals surface area contributed by atoms with E-state index in [0.29, 0.717) is 18.4 Å². The Bertz CT molecular complexity index is 795. The summed E-state index contributed by atoms with van der Waals surface area (Å²) in [7, 11) is 3.54. The molecule has 1 aromatic heterocycles.